The Labute approximate surface area is 120 Å². The van der Waals surface area contributed by atoms with Crippen LogP contribution in [-0.4, -0.2) is 16.5 Å². The zero-order chi connectivity index (χ0) is 12.5. The predicted octanol–water partition coefficient (Wildman–Crippen LogP) is 0.521. The summed E-state index contributed by atoms with van der Waals surface area (Å²) in [6, 6.07) is 10.2. The van der Waals surface area contributed by atoms with Gasteiger partial charge in [-0.1, -0.05) is 0 Å². The van der Waals surface area contributed by atoms with Gasteiger partial charge in [-0.15, -0.1) is 0 Å². The van der Waals surface area contributed by atoms with E-state index in [2.05, 4.69) is 32.7 Å². The van der Waals surface area contributed by atoms with Crippen LogP contribution in [0.1, 0.15) is 11.6 Å². The molecule has 5 nitrogen and oxygen atoms in total. The summed E-state index contributed by atoms with van der Waals surface area (Å²) in [5.74, 6) is 0.677. The minimum atomic E-state index is -0.0851. The van der Waals surface area contributed by atoms with Crippen molar-refractivity contribution < 1.29 is 26.1 Å². The number of rotatable bonds is 1. The number of anilines is 2. The van der Waals surface area contributed by atoms with E-state index in [1.165, 1.54) is 0 Å². The number of H-pyrrole nitrogens is 1. The van der Waals surface area contributed by atoms with E-state index in [1.54, 1.807) is 0 Å². The third kappa shape index (κ3) is 2.14. The summed E-state index contributed by atoms with van der Waals surface area (Å²) >= 11 is 0.322. The number of nitrogens with one attached hydrogen (secondary N) is 3. The molecule has 1 aliphatic heterocycles. The average molecular weight is 428 g/mol. The van der Waals surface area contributed by atoms with Gasteiger partial charge in [-0.25, -0.2) is 0 Å². The first-order valence-electron chi connectivity index (χ1n) is 5.75. The molecule has 1 aromatic heterocycles. The van der Waals surface area contributed by atoms with Crippen molar-refractivity contribution in [1.82, 2.24) is 9.97 Å². The molecule has 0 aliphatic carbocycles. The molecule has 0 saturated heterocycles. The van der Waals surface area contributed by atoms with Gasteiger partial charge in [0.25, 0.3) is 0 Å². The normalized spacial score (nSPS) is 17.6. The van der Waals surface area contributed by atoms with E-state index < -0.39 is 0 Å². The maximum atomic E-state index is 11.9. The third-order valence-corrected chi connectivity index (χ3v) is 4.26. The van der Waals surface area contributed by atoms with E-state index >= 15 is 0 Å². The summed E-state index contributed by atoms with van der Waals surface area (Å²) in [6.45, 7) is 0.737. The number of fused-ring (bicyclic) bond motifs is 1. The topological polar surface area (TPSA) is 69.8 Å². The molecule has 18 heavy (non-hydrogen) atoms. The van der Waals surface area contributed by atoms with E-state index in [0.717, 1.165) is 15.4 Å². The van der Waals surface area contributed by atoms with Crippen LogP contribution in [0.2, 0.25) is 0 Å². The van der Waals surface area contributed by atoms with Crippen LogP contribution in [0.3, 0.4) is 0 Å². The fraction of sp³-hybridized carbons (Fsp3) is 0.167. The molecule has 0 fully saturated rings. The van der Waals surface area contributed by atoms with Gasteiger partial charge in [-0.05, 0) is 0 Å². The van der Waals surface area contributed by atoms with E-state index in [0.29, 0.717) is 37.6 Å². The molecule has 0 amide bonds. The van der Waals surface area contributed by atoms with Crippen molar-refractivity contribution in [2.75, 3.05) is 17.2 Å². The molecule has 6 heteroatoms. The van der Waals surface area contributed by atoms with Gasteiger partial charge >= 0.3 is 120 Å². The van der Waals surface area contributed by atoms with Crippen LogP contribution in [0.25, 0.3) is 0 Å². The molecular weight excluding hydrogens is 417 g/mol. The number of benzene rings is 1. The molecule has 2 heterocycles. The fourth-order valence-electron chi connectivity index (χ4n) is 2.09. The minimum absolute atomic E-state index is 0.0851. The second kappa shape index (κ2) is 4.72. The molecule has 1 unspecified atom stereocenters. The average Bonchev–Trinajstić information content (AvgIpc) is 2.39. The molecule has 0 saturated carbocycles. The van der Waals surface area contributed by atoms with Crippen molar-refractivity contribution in [2.24, 2.45) is 0 Å². The second-order valence-corrected chi connectivity index (χ2v) is 6.83. The van der Waals surface area contributed by atoms with Gasteiger partial charge in [0.05, 0.1) is 0 Å². The van der Waals surface area contributed by atoms with E-state index in [9.17, 15) is 4.79 Å². The molecule has 1 aliphatic rings. The molecule has 0 radical (unpaired) electrons. The van der Waals surface area contributed by atoms with E-state index in [4.69, 9.17) is 0 Å². The van der Waals surface area contributed by atoms with Crippen molar-refractivity contribution in [3.63, 3.8) is 0 Å². The first kappa shape index (κ1) is 11.7. The van der Waals surface area contributed by atoms with Crippen LogP contribution in [0, 0.1) is 0 Å². The zero-order valence-corrected chi connectivity index (χ0v) is 15.2. The number of aromatic amines is 1. The molecule has 87 valence electrons. The number of hydrogen-bond acceptors (Lipinski definition) is 4. The SMILES string of the molecule is O=c1[nH][c]([Hg])nc2c1NC(c1ccccc1)CN2. The van der Waals surface area contributed by atoms with Crippen LogP contribution in [0.5, 0.6) is 0 Å². The number of aromatic nitrogens is 2. The van der Waals surface area contributed by atoms with Crippen LogP contribution in [0.15, 0.2) is 35.1 Å². The quantitative estimate of drug-likeness (QED) is 0.580. The van der Waals surface area contributed by atoms with Crippen LogP contribution in [0.4, 0.5) is 11.5 Å². The Morgan fingerprint density at radius 2 is 2.06 bits per heavy atom. The first-order valence-corrected chi connectivity index (χ1v) is 8.50. The Balaban J connectivity index is 1.97. The first-order chi connectivity index (χ1) is 8.74. The summed E-state index contributed by atoms with van der Waals surface area (Å²) in [5.41, 5.74) is 1.62. The van der Waals surface area contributed by atoms with Crippen molar-refractivity contribution in [1.29, 1.82) is 0 Å². The molecule has 3 N–H and O–H groups in total. The zero-order valence-electron chi connectivity index (χ0n) is 9.73. The van der Waals surface area contributed by atoms with Gasteiger partial charge in [-0.3, -0.25) is 0 Å². The molecule has 2 aromatic rings. The van der Waals surface area contributed by atoms with Crippen LogP contribution < -0.4 is 19.5 Å². The van der Waals surface area contributed by atoms with Gasteiger partial charge in [-0.2, -0.15) is 0 Å². The molecule has 3 rings (SSSR count). The molecule has 0 spiro atoms. The maximum absolute atomic E-state index is 11.9. The monoisotopic (exact) mass is 429 g/mol. The van der Waals surface area contributed by atoms with Gasteiger partial charge in [0.2, 0.25) is 0 Å². The van der Waals surface area contributed by atoms with E-state index in [1.807, 2.05) is 18.2 Å². The van der Waals surface area contributed by atoms with Crippen molar-refractivity contribution in [3.8, 4) is 0 Å². The Hall–Kier alpha value is -1.36. The third-order valence-electron chi connectivity index (χ3n) is 2.96. The summed E-state index contributed by atoms with van der Waals surface area (Å²) in [6.07, 6.45) is 0. The Morgan fingerprint density at radius 3 is 2.83 bits per heavy atom. The van der Waals surface area contributed by atoms with Gasteiger partial charge in [0, 0.05) is 0 Å². The molecule has 1 aromatic carbocycles. The van der Waals surface area contributed by atoms with Crippen molar-refractivity contribution >= 4 is 14.8 Å². The number of hydrogen-bond donors (Lipinski definition) is 3. The Kier molecular flexibility index (Phi) is 3.07. The summed E-state index contributed by atoms with van der Waals surface area (Å²) < 4.78 is 0.811. The Morgan fingerprint density at radius 1 is 1.28 bits per heavy atom. The summed E-state index contributed by atoms with van der Waals surface area (Å²) in [4.78, 5) is 19.0. The van der Waals surface area contributed by atoms with Gasteiger partial charge < -0.3 is 0 Å². The molecule has 1 atom stereocenters. The Bertz CT molecular complexity index is 626. The summed E-state index contributed by atoms with van der Waals surface area (Å²) in [5, 5.41) is 6.49. The van der Waals surface area contributed by atoms with Crippen molar-refractivity contribution in [2.45, 2.75) is 6.04 Å². The molecule has 0 bridgehead atoms. The van der Waals surface area contributed by atoms with E-state index in [-0.39, 0.29) is 11.6 Å². The predicted molar refractivity (Wildman–Crippen MR) is 65.8 cm³/mol. The second-order valence-electron chi connectivity index (χ2n) is 4.22. The van der Waals surface area contributed by atoms with Gasteiger partial charge in [0.15, 0.2) is 0 Å². The van der Waals surface area contributed by atoms with Gasteiger partial charge in [0.1, 0.15) is 0 Å². The summed E-state index contributed by atoms with van der Waals surface area (Å²) in [7, 11) is 0. The fourth-order valence-corrected chi connectivity index (χ4v) is 3.33. The number of nitrogens with zero attached hydrogens (tertiary/aromatic N) is 1. The van der Waals surface area contributed by atoms with Crippen LogP contribution >= 0.6 is 0 Å². The molecular formula is C12H11HgN4O. The standard InChI is InChI=1S/C12H11N4O.Hg/c17-12-10-11(14-7-15-12)13-6-9(16-10)8-4-2-1-3-5-8;/h1-5,9,16H,6H2,(H2,13,14,15,17);. The van der Waals surface area contributed by atoms with Crippen LogP contribution in [-0.2, 0) is 26.1 Å². The van der Waals surface area contributed by atoms with Crippen molar-refractivity contribution in [3.05, 3.63) is 46.2 Å².